The summed E-state index contributed by atoms with van der Waals surface area (Å²) in [6.45, 7) is 3.47. The first-order valence-corrected chi connectivity index (χ1v) is 7.48. The van der Waals surface area contributed by atoms with E-state index in [1.165, 1.54) is 13.1 Å². The normalized spacial score (nSPS) is 12.6. The molecule has 1 heterocycles. The second-order valence-corrected chi connectivity index (χ2v) is 5.87. The van der Waals surface area contributed by atoms with E-state index in [1.54, 1.807) is 0 Å². The molecule has 21 heavy (non-hydrogen) atoms. The Kier molecular flexibility index (Phi) is 5.68. The highest BCUT2D eigenvalue weighted by atomic mass is 32.2. The van der Waals surface area contributed by atoms with Gasteiger partial charge in [-0.25, -0.2) is 17.9 Å². The third-order valence-corrected chi connectivity index (χ3v) is 3.89. The lowest BCUT2D eigenvalue weighted by Crippen LogP contribution is -2.40. The van der Waals surface area contributed by atoms with Gasteiger partial charge in [0, 0.05) is 0 Å². The van der Waals surface area contributed by atoms with Gasteiger partial charge in [0.2, 0.25) is 5.09 Å². The minimum Gasteiger partial charge on any atom is -0.480 e. The average molecular weight is 316 g/mol. The first kappa shape index (κ1) is 16.9. The van der Waals surface area contributed by atoms with Crippen molar-refractivity contribution in [2.45, 2.75) is 24.0 Å². The van der Waals surface area contributed by atoms with E-state index in [2.05, 4.69) is 11.9 Å². The molecular weight excluding hydrogens is 300 g/mol. The summed E-state index contributed by atoms with van der Waals surface area (Å²) in [5.41, 5.74) is 0. The van der Waals surface area contributed by atoms with Crippen molar-refractivity contribution in [2.24, 2.45) is 0 Å². The van der Waals surface area contributed by atoms with Gasteiger partial charge in [-0.15, -0.1) is 6.58 Å². The summed E-state index contributed by atoms with van der Waals surface area (Å²) >= 11 is 0. The molecule has 0 aliphatic heterocycles. The molecular formula is C12H16N2O6S. The monoisotopic (exact) mass is 316 g/mol. The quantitative estimate of drug-likeness (QED) is 0.594. The maximum absolute atomic E-state index is 11.8. The zero-order valence-electron chi connectivity index (χ0n) is 11.3. The lowest BCUT2D eigenvalue weighted by molar-refractivity contribution is -0.139. The van der Waals surface area contributed by atoms with Crippen molar-refractivity contribution < 1.29 is 27.5 Å². The molecule has 1 rings (SSSR count). The summed E-state index contributed by atoms with van der Waals surface area (Å²) in [7, 11) is -2.59. The standard InChI is InChI=1S/C12H16N2O6S/c1-3-4-5-8(12(16)17)14-11(15)9-6-7-10(20-9)21(18,19)13-2/h3,6-8,13H,1,4-5H2,2H3,(H,14,15)(H,16,17). The van der Waals surface area contributed by atoms with Crippen LogP contribution in [-0.4, -0.2) is 38.5 Å². The third kappa shape index (κ3) is 4.43. The Morgan fingerprint density at radius 2 is 2.14 bits per heavy atom. The van der Waals surface area contributed by atoms with Gasteiger partial charge in [-0.1, -0.05) is 6.08 Å². The van der Waals surface area contributed by atoms with Crippen LogP contribution in [0.1, 0.15) is 23.4 Å². The number of carbonyl (C=O) groups is 2. The van der Waals surface area contributed by atoms with Gasteiger partial charge >= 0.3 is 5.97 Å². The summed E-state index contributed by atoms with van der Waals surface area (Å²) in [6, 6.07) is 1.16. The van der Waals surface area contributed by atoms with Crippen LogP contribution in [0.2, 0.25) is 0 Å². The highest BCUT2D eigenvalue weighted by Gasteiger charge is 2.23. The Hall–Kier alpha value is -2.13. The number of sulfonamides is 1. The predicted molar refractivity (Wildman–Crippen MR) is 73.3 cm³/mol. The van der Waals surface area contributed by atoms with E-state index in [1.807, 2.05) is 4.72 Å². The second kappa shape index (κ2) is 7.04. The maximum Gasteiger partial charge on any atom is 0.326 e. The van der Waals surface area contributed by atoms with Crippen LogP contribution in [0, 0.1) is 0 Å². The molecule has 0 aromatic carbocycles. The van der Waals surface area contributed by atoms with Crippen molar-refractivity contribution >= 4 is 21.9 Å². The molecule has 0 aliphatic rings. The van der Waals surface area contributed by atoms with Gasteiger partial charge in [0.15, 0.2) is 5.76 Å². The molecule has 0 fully saturated rings. The number of amides is 1. The van der Waals surface area contributed by atoms with Gasteiger partial charge in [-0.05, 0) is 32.0 Å². The van der Waals surface area contributed by atoms with E-state index < -0.39 is 33.0 Å². The van der Waals surface area contributed by atoms with Crippen LogP contribution in [0.3, 0.4) is 0 Å². The van der Waals surface area contributed by atoms with E-state index >= 15 is 0 Å². The highest BCUT2D eigenvalue weighted by Crippen LogP contribution is 2.13. The number of aliphatic carboxylic acids is 1. The summed E-state index contributed by atoms with van der Waals surface area (Å²) in [5, 5.41) is 10.8. The van der Waals surface area contributed by atoms with E-state index in [0.29, 0.717) is 6.42 Å². The molecule has 0 bridgehead atoms. The first-order valence-electron chi connectivity index (χ1n) is 5.99. The molecule has 8 nitrogen and oxygen atoms in total. The number of nitrogens with one attached hydrogen (secondary N) is 2. The third-order valence-electron chi connectivity index (χ3n) is 2.60. The number of rotatable bonds is 8. The molecule has 116 valence electrons. The van der Waals surface area contributed by atoms with E-state index in [9.17, 15) is 18.0 Å². The Morgan fingerprint density at radius 3 is 2.67 bits per heavy atom. The average Bonchev–Trinajstić information content (AvgIpc) is 2.93. The van der Waals surface area contributed by atoms with Gasteiger partial charge in [0.05, 0.1) is 0 Å². The summed E-state index contributed by atoms with van der Waals surface area (Å²) in [5.74, 6) is -2.28. The summed E-state index contributed by atoms with van der Waals surface area (Å²) < 4.78 is 29.9. The molecule has 0 radical (unpaired) electrons. The lowest BCUT2D eigenvalue weighted by Gasteiger charge is -2.12. The van der Waals surface area contributed by atoms with Gasteiger partial charge in [-0.3, -0.25) is 4.79 Å². The summed E-state index contributed by atoms with van der Waals surface area (Å²) in [6.07, 6.45) is 2.12. The Bertz CT molecular complexity index is 634. The number of carbonyl (C=O) groups excluding carboxylic acids is 1. The SMILES string of the molecule is C=CCCC(NC(=O)c1ccc(S(=O)(=O)NC)o1)C(=O)O. The topological polar surface area (TPSA) is 126 Å². The molecule has 1 aromatic heterocycles. The molecule has 0 aliphatic carbocycles. The molecule has 1 unspecified atom stereocenters. The van der Waals surface area contributed by atoms with Gasteiger partial charge in [0.25, 0.3) is 15.9 Å². The Balaban J connectivity index is 2.84. The van der Waals surface area contributed by atoms with Gasteiger partial charge in [-0.2, -0.15) is 0 Å². The van der Waals surface area contributed by atoms with Crippen LogP contribution in [-0.2, 0) is 14.8 Å². The zero-order valence-corrected chi connectivity index (χ0v) is 12.1. The minimum absolute atomic E-state index is 0.174. The van der Waals surface area contributed by atoms with E-state index in [0.717, 1.165) is 12.1 Å². The number of allylic oxidation sites excluding steroid dienone is 1. The number of carboxylic acids is 1. The fourth-order valence-electron chi connectivity index (χ4n) is 1.46. The zero-order chi connectivity index (χ0) is 16.0. The Morgan fingerprint density at radius 1 is 1.48 bits per heavy atom. The van der Waals surface area contributed by atoms with Gasteiger partial charge < -0.3 is 14.8 Å². The van der Waals surface area contributed by atoms with Crippen LogP contribution in [0.5, 0.6) is 0 Å². The smallest absolute Gasteiger partial charge is 0.326 e. The number of carboxylic acid groups (broad SMARTS) is 1. The fraction of sp³-hybridized carbons (Fsp3) is 0.333. The maximum atomic E-state index is 11.8. The second-order valence-electron chi connectivity index (χ2n) is 4.06. The van der Waals surface area contributed by atoms with Crippen molar-refractivity contribution in [3.8, 4) is 0 Å². The lowest BCUT2D eigenvalue weighted by atomic mass is 10.1. The molecule has 0 saturated carbocycles. The van der Waals surface area contributed by atoms with Crippen LogP contribution in [0.4, 0.5) is 0 Å². The number of furan rings is 1. The molecule has 0 saturated heterocycles. The van der Waals surface area contributed by atoms with Crippen molar-refractivity contribution in [1.82, 2.24) is 10.0 Å². The van der Waals surface area contributed by atoms with Crippen LogP contribution in [0.15, 0.2) is 34.3 Å². The Labute approximate surface area is 121 Å². The van der Waals surface area contributed by atoms with E-state index in [4.69, 9.17) is 9.52 Å². The summed E-state index contributed by atoms with van der Waals surface area (Å²) in [4.78, 5) is 22.8. The molecule has 0 spiro atoms. The molecule has 1 amide bonds. The molecule has 9 heteroatoms. The van der Waals surface area contributed by atoms with Gasteiger partial charge in [0.1, 0.15) is 6.04 Å². The minimum atomic E-state index is -3.80. The van der Waals surface area contributed by atoms with Crippen molar-refractivity contribution in [2.75, 3.05) is 7.05 Å². The van der Waals surface area contributed by atoms with E-state index in [-0.39, 0.29) is 12.2 Å². The predicted octanol–water partition coefficient (Wildman–Crippen LogP) is 0.337. The number of hydrogen-bond donors (Lipinski definition) is 3. The largest absolute Gasteiger partial charge is 0.480 e. The van der Waals surface area contributed by atoms with Crippen molar-refractivity contribution in [3.05, 3.63) is 30.5 Å². The van der Waals surface area contributed by atoms with Crippen molar-refractivity contribution in [3.63, 3.8) is 0 Å². The van der Waals surface area contributed by atoms with Crippen LogP contribution < -0.4 is 10.0 Å². The van der Waals surface area contributed by atoms with Crippen molar-refractivity contribution in [1.29, 1.82) is 0 Å². The highest BCUT2D eigenvalue weighted by molar-refractivity contribution is 7.89. The molecule has 3 N–H and O–H groups in total. The van der Waals surface area contributed by atoms with Crippen LogP contribution >= 0.6 is 0 Å². The molecule has 1 aromatic rings. The fourth-order valence-corrected chi connectivity index (χ4v) is 2.11. The molecule has 1 atom stereocenters. The first-order chi connectivity index (χ1) is 9.81. The van der Waals surface area contributed by atoms with Crippen LogP contribution in [0.25, 0.3) is 0 Å². The number of hydrogen-bond acceptors (Lipinski definition) is 5.